The van der Waals surface area contributed by atoms with Gasteiger partial charge in [0.1, 0.15) is 0 Å². The van der Waals surface area contributed by atoms with Gasteiger partial charge in [0.2, 0.25) is 0 Å². The van der Waals surface area contributed by atoms with E-state index >= 15 is 0 Å². The van der Waals surface area contributed by atoms with Crippen molar-refractivity contribution < 1.29 is 4.74 Å². The van der Waals surface area contributed by atoms with E-state index < -0.39 is 0 Å². The molecule has 0 spiro atoms. The molecule has 0 unspecified atom stereocenters. The average Bonchev–Trinajstić information content (AvgIpc) is 2.69. The van der Waals surface area contributed by atoms with Gasteiger partial charge in [-0.05, 0) is 37.8 Å². The van der Waals surface area contributed by atoms with E-state index in [1.165, 1.54) is 18.5 Å². The first-order valence-corrected chi connectivity index (χ1v) is 4.96. The van der Waals surface area contributed by atoms with Crippen molar-refractivity contribution in [1.82, 2.24) is 4.98 Å². The lowest BCUT2D eigenvalue weighted by Crippen LogP contribution is -2.06. The summed E-state index contributed by atoms with van der Waals surface area (Å²) < 4.78 is 5.55. The lowest BCUT2D eigenvalue weighted by atomic mass is 10.1. The van der Waals surface area contributed by atoms with Crippen LogP contribution in [0.4, 0.5) is 0 Å². The highest BCUT2D eigenvalue weighted by atomic mass is 16.5. The van der Waals surface area contributed by atoms with E-state index in [1.54, 1.807) is 0 Å². The second-order valence-electron chi connectivity index (χ2n) is 3.49. The summed E-state index contributed by atoms with van der Waals surface area (Å²) in [7, 11) is 0. The normalized spacial score (nSPS) is 22.0. The molecule has 1 atom stereocenters. The molecule has 13 heavy (non-hydrogen) atoms. The van der Waals surface area contributed by atoms with Crippen LogP contribution in [0.2, 0.25) is 0 Å². The van der Waals surface area contributed by atoms with Crippen LogP contribution in [0.5, 0.6) is 0 Å². The van der Waals surface area contributed by atoms with Crippen LogP contribution in [0.25, 0.3) is 0 Å². The van der Waals surface area contributed by atoms with Crippen molar-refractivity contribution >= 4 is 0 Å². The van der Waals surface area contributed by atoms with Crippen LogP contribution in [0.1, 0.15) is 25.0 Å². The average molecular weight is 177 g/mol. The fraction of sp³-hybridized carbons (Fsp3) is 0.545. The third-order valence-corrected chi connectivity index (χ3v) is 2.47. The number of ether oxygens (including phenoxy) is 1. The van der Waals surface area contributed by atoms with Gasteiger partial charge >= 0.3 is 0 Å². The Bertz CT molecular complexity index is 242. The highest BCUT2D eigenvalue weighted by molar-refractivity contribution is 5.03. The summed E-state index contributed by atoms with van der Waals surface area (Å²) in [6.07, 6.45) is 6.97. The van der Waals surface area contributed by atoms with Gasteiger partial charge in [0.15, 0.2) is 0 Å². The number of aromatic nitrogens is 1. The Balaban J connectivity index is 1.79. The zero-order chi connectivity index (χ0) is 8.93. The van der Waals surface area contributed by atoms with E-state index in [9.17, 15) is 0 Å². The van der Waals surface area contributed by atoms with E-state index in [4.69, 9.17) is 4.74 Å². The number of hydrogen-bond donors (Lipinski definition) is 0. The summed E-state index contributed by atoms with van der Waals surface area (Å²) in [4.78, 5) is 4.28. The lowest BCUT2D eigenvalue weighted by molar-refractivity contribution is 0.104. The summed E-state index contributed by atoms with van der Waals surface area (Å²) in [5.74, 6) is 0. The number of hydrogen-bond acceptors (Lipinski definition) is 2. The molecule has 70 valence electrons. The maximum Gasteiger partial charge on any atom is 0.0579 e. The molecule has 1 aliphatic heterocycles. The zero-order valence-electron chi connectivity index (χ0n) is 7.78. The topological polar surface area (TPSA) is 22.1 Å². The Morgan fingerprint density at radius 1 is 1.46 bits per heavy atom. The molecular weight excluding hydrogens is 162 g/mol. The SMILES string of the molecule is c1ccc(CC[C@H]2CCCO2)nc1. The first-order chi connectivity index (χ1) is 6.45. The Hall–Kier alpha value is -0.890. The Labute approximate surface area is 78.9 Å². The molecular formula is C11H15NO. The minimum absolute atomic E-state index is 0.488. The van der Waals surface area contributed by atoms with Gasteiger partial charge in [-0.3, -0.25) is 4.98 Å². The van der Waals surface area contributed by atoms with Gasteiger partial charge in [0.05, 0.1) is 6.10 Å². The molecule has 1 fully saturated rings. The Morgan fingerprint density at radius 2 is 2.46 bits per heavy atom. The highest BCUT2D eigenvalue weighted by Crippen LogP contribution is 2.16. The molecule has 1 aromatic rings. The third-order valence-electron chi connectivity index (χ3n) is 2.47. The number of nitrogens with zero attached hydrogens (tertiary/aromatic N) is 1. The molecule has 0 bridgehead atoms. The summed E-state index contributed by atoms with van der Waals surface area (Å²) in [6, 6.07) is 6.07. The first-order valence-electron chi connectivity index (χ1n) is 4.96. The van der Waals surface area contributed by atoms with Crippen LogP contribution in [0.3, 0.4) is 0 Å². The van der Waals surface area contributed by atoms with Gasteiger partial charge < -0.3 is 4.74 Å². The fourth-order valence-corrected chi connectivity index (χ4v) is 1.73. The van der Waals surface area contributed by atoms with Crippen LogP contribution in [-0.2, 0) is 11.2 Å². The quantitative estimate of drug-likeness (QED) is 0.706. The van der Waals surface area contributed by atoms with Crippen LogP contribution in [0.15, 0.2) is 24.4 Å². The lowest BCUT2D eigenvalue weighted by Gasteiger charge is -2.07. The summed E-state index contributed by atoms with van der Waals surface area (Å²) in [5.41, 5.74) is 1.18. The summed E-state index contributed by atoms with van der Waals surface area (Å²) >= 11 is 0. The van der Waals surface area contributed by atoms with E-state index in [-0.39, 0.29) is 0 Å². The first kappa shape index (κ1) is 8.70. The molecule has 2 nitrogen and oxygen atoms in total. The van der Waals surface area contributed by atoms with E-state index in [1.807, 2.05) is 18.3 Å². The predicted octanol–water partition coefficient (Wildman–Crippen LogP) is 2.19. The van der Waals surface area contributed by atoms with Gasteiger partial charge in [-0.25, -0.2) is 0 Å². The van der Waals surface area contributed by atoms with E-state index in [2.05, 4.69) is 11.1 Å². The number of rotatable bonds is 3. The van der Waals surface area contributed by atoms with Crippen molar-refractivity contribution in [2.45, 2.75) is 31.8 Å². The van der Waals surface area contributed by atoms with Gasteiger partial charge in [-0.1, -0.05) is 6.07 Å². The van der Waals surface area contributed by atoms with Crippen molar-refractivity contribution in [2.75, 3.05) is 6.61 Å². The van der Waals surface area contributed by atoms with Crippen molar-refractivity contribution in [1.29, 1.82) is 0 Å². The highest BCUT2D eigenvalue weighted by Gasteiger charge is 2.14. The van der Waals surface area contributed by atoms with Gasteiger partial charge in [-0.15, -0.1) is 0 Å². The monoisotopic (exact) mass is 177 g/mol. The second-order valence-corrected chi connectivity index (χ2v) is 3.49. The van der Waals surface area contributed by atoms with Crippen molar-refractivity contribution in [3.63, 3.8) is 0 Å². The maximum absolute atomic E-state index is 5.55. The molecule has 2 heterocycles. The molecule has 1 aromatic heterocycles. The van der Waals surface area contributed by atoms with Crippen molar-refractivity contribution in [3.8, 4) is 0 Å². The van der Waals surface area contributed by atoms with Gasteiger partial charge in [0.25, 0.3) is 0 Å². The summed E-state index contributed by atoms with van der Waals surface area (Å²) in [5, 5.41) is 0. The minimum atomic E-state index is 0.488. The smallest absolute Gasteiger partial charge is 0.0579 e. The fourth-order valence-electron chi connectivity index (χ4n) is 1.73. The summed E-state index contributed by atoms with van der Waals surface area (Å²) in [6.45, 7) is 0.951. The number of pyridine rings is 1. The molecule has 1 aliphatic rings. The molecule has 0 saturated carbocycles. The largest absolute Gasteiger partial charge is 0.378 e. The Morgan fingerprint density at radius 3 is 3.15 bits per heavy atom. The van der Waals surface area contributed by atoms with Crippen LogP contribution in [0, 0.1) is 0 Å². The van der Waals surface area contributed by atoms with E-state index in [0.717, 1.165) is 19.4 Å². The molecule has 2 rings (SSSR count). The maximum atomic E-state index is 5.55. The molecule has 0 radical (unpaired) electrons. The molecule has 1 saturated heterocycles. The molecule has 0 aromatic carbocycles. The van der Waals surface area contributed by atoms with Gasteiger partial charge in [0, 0.05) is 18.5 Å². The van der Waals surface area contributed by atoms with Gasteiger partial charge in [-0.2, -0.15) is 0 Å². The standard InChI is InChI=1S/C11H15NO/c1-2-8-12-10(4-1)6-7-11-5-3-9-13-11/h1-2,4,8,11H,3,5-7,9H2/t11-/m1/s1. The minimum Gasteiger partial charge on any atom is -0.378 e. The molecule has 2 heteroatoms. The second kappa shape index (κ2) is 4.38. The predicted molar refractivity (Wildman–Crippen MR) is 51.5 cm³/mol. The Kier molecular flexibility index (Phi) is 2.93. The van der Waals surface area contributed by atoms with E-state index in [0.29, 0.717) is 6.10 Å². The van der Waals surface area contributed by atoms with Crippen LogP contribution >= 0.6 is 0 Å². The van der Waals surface area contributed by atoms with Crippen molar-refractivity contribution in [3.05, 3.63) is 30.1 Å². The zero-order valence-corrected chi connectivity index (χ0v) is 7.78. The van der Waals surface area contributed by atoms with Crippen LogP contribution < -0.4 is 0 Å². The number of aryl methyl sites for hydroxylation is 1. The molecule has 0 amide bonds. The molecule has 0 aliphatic carbocycles. The van der Waals surface area contributed by atoms with Crippen LogP contribution in [-0.4, -0.2) is 17.7 Å². The van der Waals surface area contributed by atoms with Crippen molar-refractivity contribution in [2.24, 2.45) is 0 Å². The third kappa shape index (κ3) is 2.52. The molecule has 0 N–H and O–H groups in total.